The van der Waals surface area contributed by atoms with Crippen molar-refractivity contribution >= 4 is 82.5 Å². The van der Waals surface area contributed by atoms with Gasteiger partial charge in [-0.2, -0.15) is 0 Å². The first-order chi connectivity index (χ1) is 26.3. The third-order valence-corrected chi connectivity index (χ3v) is 10.7. The molecule has 0 aliphatic rings. The van der Waals surface area contributed by atoms with Crippen molar-refractivity contribution in [1.82, 2.24) is 0 Å². The van der Waals surface area contributed by atoms with E-state index in [9.17, 15) is 0 Å². The van der Waals surface area contributed by atoms with Crippen LogP contribution in [0.1, 0.15) is 0 Å². The zero-order valence-electron chi connectivity index (χ0n) is 28.7. The summed E-state index contributed by atoms with van der Waals surface area (Å²) >= 11 is 0. The number of nitrogens with zero attached hydrogens (tertiary/aromatic N) is 1. The summed E-state index contributed by atoms with van der Waals surface area (Å²) in [4.78, 5) is 2.40. The maximum Gasteiger partial charge on any atom is 0.143 e. The van der Waals surface area contributed by atoms with Crippen LogP contribution in [0.25, 0.3) is 87.7 Å². The minimum Gasteiger partial charge on any atom is -0.456 e. The van der Waals surface area contributed by atoms with Crippen LogP contribution in [0.3, 0.4) is 0 Å². The fourth-order valence-electron chi connectivity index (χ4n) is 8.20. The average molecular weight is 678 g/mol. The Bertz CT molecular complexity index is 3180. The molecule has 0 saturated carbocycles. The van der Waals surface area contributed by atoms with E-state index in [1.165, 1.54) is 16.2 Å². The predicted octanol–water partition coefficient (Wildman–Crippen LogP) is 14.6. The number of fused-ring (bicyclic) bond motifs is 9. The highest BCUT2D eigenvalue weighted by Crippen LogP contribution is 2.45. The molecule has 2 heterocycles. The first-order valence-electron chi connectivity index (χ1n) is 18.0. The SMILES string of the molecule is c1ccc(N(c2ccc(-c3cccc4oc5c6ccccc6ccc5c34)cc2)c2cccc3ccccc23)c(-c2ccc3oc4ccccc4c3c2)c1. The maximum atomic E-state index is 6.53. The topological polar surface area (TPSA) is 29.5 Å². The van der Waals surface area contributed by atoms with Gasteiger partial charge in [0.25, 0.3) is 0 Å². The minimum atomic E-state index is 0.891. The quantitative estimate of drug-likeness (QED) is 0.182. The van der Waals surface area contributed by atoms with Crippen LogP contribution in [0.2, 0.25) is 0 Å². The highest BCUT2D eigenvalue weighted by Gasteiger charge is 2.21. The number of hydrogen-bond acceptors (Lipinski definition) is 3. The molecule has 53 heavy (non-hydrogen) atoms. The molecule has 248 valence electrons. The van der Waals surface area contributed by atoms with Crippen molar-refractivity contribution in [3.63, 3.8) is 0 Å². The zero-order valence-corrected chi connectivity index (χ0v) is 28.7. The Morgan fingerprint density at radius 1 is 0.340 bits per heavy atom. The van der Waals surface area contributed by atoms with Crippen molar-refractivity contribution in [3.8, 4) is 22.3 Å². The summed E-state index contributed by atoms with van der Waals surface area (Å²) in [6, 6.07) is 66.9. The molecular weight excluding hydrogens is 647 g/mol. The largest absolute Gasteiger partial charge is 0.456 e. The van der Waals surface area contributed by atoms with Crippen molar-refractivity contribution in [2.45, 2.75) is 0 Å². The summed E-state index contributed by atoms with van der Waals surface area (Å²) in [5, 5.41) is 9.20. The van der Waals surface area contributed by atoms with Crippen LogP contribution in [0, 0.1) is 0 Å². The Morgan fingerprint density at radius 2 is 0.962 bits per heavy atom. The summed E-state index contributed by atoms with van der Waals surface area (Å²) in [5.41, 5.74) is 11.5. The second-order valence-corrected chi connectivity index (χ2v) is 13.7. The summed E-state index contributed by atoms with van der Waals surface area (Å²) in [6.07, 6.45) is 0. The van der Waals surface area contributed by atoms with Gasteiger partial charge < -0.3 is 13.7 Å². The molecule has 0 amide bonds. The van der Waals surface area contributed by atoms with Crippen molar-refractivity contribution in [2.75, 3.05) is 4.90 Å². The van der Waals surface area contributed by atoms with Gasteiger partial charge >= 0.3 is 0 Å². The average Bonchev–Trinajstić information content (AvgIpc) is 3.80. The standard InChI is InChI=1S/C50H31NO2/c1-3-14-37-32(11-1)13-9-20-45(37)51(44-19-7-5-15-38(44)35-26-30-47-43(31-35)41-17-6-8-21-46(41)52-47)36-27-23-34(24-28-36)39-18-10-22-48-49(39)42-29-25-33-12-2-4-16-40(33)50(42)53-48/h1-31H. The van der Waals surface area contributed by atoms with Crippen molar-refractivity contribution in [1.29, 1.82) is 0 Å². The normalized spacial score (nSPS) is 11.8. The maximum absolute atomic E-state index is 6.53. The zero-order chi connectivity index (χ0) is 34.9. The molecule has 0 fully saturated rings. The summed E-state index contributed by atoms with van der Waals surface area (Å²) in [6.45, 7) is 0. The summed E-state index contributed by atoms with van der Waals surface area (Å²) < 4.78 is 12.7. The van der Waals surface area contributed by atoms with E-state index in [1.54, 1.807) is 0 Å². The Morgan fingerprint density at radius 3 is 1.85 bits per heavy atom. The lowest BCUT2D eigenvalue weighted by Gasteiger charge is -2.29. The van der Waals surface area contributed by atoms with Gasteiger partial charge in [-0.1, -0.05) is 133 Å². The Balaban J connectivity index is 1.09. The number of benzene rings is 9. The van der Waals surface area contributed by atoms with Gasteiger partial charge in [0.2, 0.25) is 0 Å². The van der Waals surface area contributed by atoms with Crippen molar-refractivity contribution < 1.29 is 8.83 Å². The molecular formula is C50H31NO2. The van der Waals surface area contributed by atoms with Crippen LogP contribution in [0.15, 0.2) is 197 Å². The van der Waals surface area contributed by atoms with Crippen molar-refractivity contribution in [3.05, 3.63) is 188 Å². The predicted molar refractivity (Wildman–Crippen MR) is 222 cm³/mol. The Kier molecular flexibility index (Phi) is 6.55. The molecule has 0 atom stereocenters. The first-order valence-corrected chi connectivity index (χ1v) is 18.0. The number of furan rings is 2. The van der Waals surface area contributed by atoms with Gasteiger partial charge in [-0.05, 0) is 82.1 Å². The van der Waals surface area contributed by atoms with Crippen LogP contribution in [0.4, 0.5) is 17.1 Å². The molecule has 3 heteroatoms. The van der Waals surface area contributed by atoms with Crippen molar-refractivity contribution in [2.24, 2.45) is 0 Å². The fourth-order valence-corrected chi connectivity index (χ4v) is 8.20. The number of para-hydroxylation sites is 2. The third kappa shape index (κ3) is 4.68. The third-order valence-electron chi connectivity index (χ3n) is 10.7. The van der Waals surface area contributed by atoms with Crippen LogP contribution >= 0.6 is 0 Å². The van der Waals surface area contributed by atoms with E-state index in [0.717, 1.165) is 88.6 Å². The van der Waals surface area contributed by atoms with Gasteiger partial charge in [-0.15, -0.1) is 0 Å². The molecule has 0 N–H and O–H groups in total. The Hall–Kier alpha value is -7.10. The molecule has 3 nitrogen and oxygen atoms in total. The summed E-state index contributed by atoms with van der Waals surface area (Å²) in [5.74, 6) is 0. The van der Waals surface area contributed by atoms with E-state index in [0.29, 0.717) is 0 Å². The van der Waals surface area contributed by atoms with E-state index in [-0.39, 0.29) is 0 Å². The monoisotopic (exact) mass is 677 g/mol. The van der Waals surface area contributed by atoms with Crippen LogP contribution in [0.5, 0.6) is 0 Å². The van der Waals surface area contributed by atoms with Crippen LogP contribution in [-0.2, 0) is 0 Å². The molecule has 0 saturated heterocycles. The molecule has 0 unspecified atom stereocenters. The van der Waals surface area contributed by atoms with E-state index >= 15 is 0 Å². The number of hydrogen-bond donors (Lipinski definition) is 0. The van der Waals surface area contributed by atoms with Crippen LogP contribution in [-0.4, -0.2) is 0 Å². The lowest BCUT2D eigenvalue weighted by molar-refractivity contribution is 0.669. The van der Waals surface area contributed by atoms with E-state index in [1.807, 2.05) is 12.1 Å². The minimum absolute atomic E-state index is 0.891. The molecule has 0 aliphatic heterocycles. The van der Waals surface area contributed by atoms with Crippen LogP contribution < -0.4 is 4.90 Å². The number of anilines is 3. The highest BCUT2D eigenvalue weighted by atomic mass is 16.3. The first kappa shape index (κ1) is 29.6. The van der Waals surface area contributed by atoms with E-state index in [2.05, 4.69) is 181 Å². The van der Waals surface area contributed by atoms with E-state index < -0.39 is 0 Å². The summed E-state index contributed by atoms with van der Waals surface area (Å²) in [7, 11) is 0. The molecule has 0 bridgehead atoms. The van der Waals surface area contributed by atoms with Gasteiger partial charge in [-0.25, -0.2) is 0 Å². The molecule has 0 spiro atoms. The van der Waals surface area contributed by atoms with Gasteiger partial charge in [0.1, 0.15) is 22.3 Å². The number of rotatable bonds is 5. The lowest BCUT2D eigenvalue weighted by atomic mass is 9.97. The molecule has 11 aromatic rings. The molecule has 0 aliphatic carbocycles. The second-order valence-electron chi connectivity index (χ2n) is 13.7. The van der Waals surface area contributed by atoms with Gasteiger partial charge in [0.05, 0.1) is 11.4 Å². The molecule has 11 rings (SSSR count). The van der Waals surface area contributed by atoms with Gasteiger partial charge in [0.15, 0.2) is 0 Å². The lowest BCUT2D eigenvalue weighted by Crippen LogP contribution is -2.11. The molecule has 9 aromatic carbocycles. The molecule has 0 radical (unpaired) electrons. The van der Waals surface area contributed by atoms with E-state index in [4.69, 9.17) is 8.83 Å². The molecule has 2 aromatic heterocycles. The smallest absolute Gasteiger partial charge is 0.143 e. The highest BCUT2D eigenvalue weighted by molar-refractivity contribution is 6.19. The second kappa shape index (κ2) is 11.7. The fraction of sp³-hybridized carbons (Fsp3) is 0. The van der Waals surface area contributed by atoms with Gasteiger partial charge in [0, 0.05) is 43.6 Å². The van der Waals surface area contributed by atoms with Gasteiger partial charge in [-0.3, -0.25) is 0 Å². The Labute approximate surface area is 305 Å².